The standard InChI is InChI=1S/C25H30N2O4/c1-15-21(24(29)27-9-5-4-6-10-27)22(16-7-8-19-20(11-16)31-14-30-19)23-17(26-15)12-25(2,3)13-18(23)28/h7-8,11,21-22H,4-6,9-10,12-14H2,1-3H3/t21?,22-/m1/s1. The second kappa shape index (κ2) is 7.50. The van der Waals surface area contributed by atoms with Gasteiger partial charge in [-0.05, 0) is 55.7 Å². The third-order valence-corrected chi connectivity index (χ3v) is 6.99. The molecule has 1 aromatic carbocycles. The van der Waals surface area contributed by atoms with Crippen LogP contribution in [0.4, 0.5) is 0 Å². The number of fused-ring (bicyclic) bond motifs is 1. The van der Waals surface area contributed by atoms with Gasteiger partial charge in [-0.3, -0.25) is 14.6 Å². The van der Waals surface area contributed by atoms with Crippen molar-refractivity contribution in [2.24, 2.45) is 16.3 Å². The van der Waals surface area contributed by atoms with E-state index in [-0.39, 0.29) is 29.8 Å². The Balaban J connectivity index is 1.62. The summed E-state index contributed by atoms with van der Waals surface area (Å²) in [4.78, 5) is 34.0. The zero-order valence-corrected chi connectivity index (χ0v) is 18.6. The molecule has 31 heavy (non-hydrogen) atoms. The van der Waals surface area contributed by atoms with Gasteiger partial charge in [-0.15, -0.1) is 0 Å². The van der Waals surface area contributed by atoms with Crippen molar-refractivity contribution in [1.82, 2.24) is 4.90 Å². The number of carbonyl (C=O) groups excluding carboxylic acids is 2. The first-order valence-corrected chi connectivity index (χ1v) is 11.3. The smallest absolute Gasteiger partial charge is 0.232 e. The summed E-state index contributed by atoms with van der Waals surface area (Å²) in [6.07, 6.45) is 4.45. The number of ether oxygens (including phenoxy) is 2. The van der Waals surface area contributed by atoms with Crippen LogP contribution in [0.15, 0.2) is 34.5 Å². The Hall–Kier alpha value is -2.63. The number of Topliss-reactive ketones (excluding diaryl/α,β-unsaturated/α-hetero) is 1. The van der Waals surface area contributed by atoms with E-state index in [4.69, 9.17) is 14.5 Å². The highest BCUT2D eigenvalue weighted by atomic mass is 16.7. The molecule has 6 heteroatoms. The number of benzene rings is 1. The van der Waals surface area contributed by atoms with Crippen LogP contribution in [-0.4, -0.2) is 42.2 Å². The fourth-order valence-corrected chi connectivity index (χ4v) is 5.54. The Morgan fingerprint density at radius 1 is 1.10 bits per heavy atom. The van der Waals surface area contributed by atoms with Crippen LogP contribution in [0.25, 0.3) is 0 Å². The van der Waals surface area contributed by atoms with Crippen molar-refractivity contribution >= 4 is 17.4 Å². The topological polar surface area (TPSA) is 68.2 Å². The molecule has 164 valence electrons. The molecule has 0 bridgehead atoms. The summed E-state index contributed by atoms with van der Waals surface area (Å²) < 4.78 is 11.1. The minimum Gasteiger partial charge on any atom is -0.454 e. The van der Waals surface area contributed by atoms with Gasteiger partial charge in [-0.2, -0.15) is 0 Å². The van der Waals surface area contributed by atoms with E-state index in [9.17, 15) is 9.59 Å². The number of amides is 1. The summed E-state index contributed by atoms with van der Waals surface area (Å²) in [6, 6.07) is 5.81. The molecule has 1 fully saturated rings. The third-order valence-electron chi connectivity index (χ3n) is 6.99. The molecule has 0 aromatic heterocycles. The fourth-order valence-electron chi connectivity index (χ4n) is 5.54. The van der Waals surface area contributed by atoms with Crippen LogP contribution >= 0.6 is 0 Å². The molecule has 1 aliphatic carbocycles. The van der Waals surface area contributed by atoms with E-state index < -0.39 is 5.92 Å². The molecule has 1 saturated heterocycles. The monoisotopic (exact) mass is 422 g/mol. The van der Waals surface area contributed by atoms with E-state index in [1.54, 1.807) is 0 Å². The Labute approximate surface area is 183 Å². The lowest BCUT2D eigenvalue weighted by Gasteiger charge is -2.41. The van der Waals surface area contributed by atoms with Gasteiger partial charge >= 0.3 is 0 Å². The molecule has 3 aliphatic heterocycles. The molecule has 1 unspecified atom stereocenters. The van der Waals surface area contributed by atoms with Crippen molar-refractivity contribution in [3.8, 4) is 11.5 Å². The second-order valence-electron chi connectivity index (χ2n) is 10.0. The average Bonchev–Trinajstić information content (AvgIpc) is 3.20. The number of allylic oxidation sites excluding steroid dienone is 2. The molecule has 5 rings (SSSR count). The van der Waals surface area contributed by atoms with Crippen LogP contribution in [-0.2, 0) is 9.59 Å². The fraction of sp³-hybridized carbons (Fsp3) is 0.560. The van der Waals surface area contributed by atoms with Crippen LogP contribution in [0, 0.1) is 11.3 Å². The van der Waals surface area contributed by atoms with Crippen LogP contribution < -0.4 is 9.47 Å². The van der Waals surface area contributed by atoms with E-state index in [2.05, 4.69) is 13.8 Å². The number of likely N-dealkylation sites (tertiary alicyclic amines) is 1. The van der Waals surface area contributed by atoms with Gasteiger partial charge in [-0.25, -0.2) is 0 Å². The van der Waals surface area contributed by atoms with Crippen molar-refractivity contribution in [2.45, 2.75) is 58.8 Å². The number of ketones is 1. The summed E-state index contributed by atoms with van der Waals surface area (Å²) >= 11 is 0. The van der Waals surface area contributed by atoms with E-state index in [0.717, 1.165) is 61.3 Å². The minimum atomic E-state index is -0.456. The number of nitrogens with zero attached hydrogens (tertiary/aromatic N) is 2. The first kappa shape index (κ1) is 20.3. The SMILES string of the molecule is CC1=NC2=C(C(=O)CC(C)(C)C2)[C@H](c2ccc3c(c2)OCO3)C1C(=O)N1CCCCC1. The highest BCUT2D eigenvalue weighted by Gasteiger charge is 2.46. The van der Waals surface area contributed by atoms with Crippen molar-refractivity contribution in [2.75, 3.05) is 19.9 Å². The number of carbonyl (C=O) groups is 2. The van der Waals surface area contributed by atoms with Gasteiger partial charge < -0.3 is 14.4 Å². The Kier molecular flexibility index (Phi) is 4.91. The zero-order chi connectivity index (χ0) is 21.8. The normalized spacial score (nSPS) is 27.1. The molecule has 6 nitrogen and oxygen atoms in total. The summed E-state index contributed by atoms with van der Waals surface area (Å²) in [6.45, 7) is 7.93. The predicted molar refractivity (Wildman–Crippen MR) is 117 cm³/mol. The molecule has 0 radical (unpaired) electrons. The van der Waals surface area contributed by atoms with E-state index in [0.29, 0.717) is 17.9 Å². The first-order valence-electron chi connectivity index (χ1n) is 11.3. The van der Waals surface area contributed by atoms with Gasteiger partial charge in [0.15, 0.2) is 17.3 Å². The molecular weight excluding hydrogens is 392 g/mol. The summed E-state index contributed by atoms with van der Waals surface area (Å²) in [7, 11) is 0. The van der Waals surface area contributed by atoms with Crippen molar-refractivity contribution in [3.63, 3.8) is 0 Å². The van der Waals surface area contributed by atoms with Crippen LogP contribution in [0.5, 0.6) is 11.5 Å². The number of hydrogen-bond donors (Lipinski definition) is 0. The molecule has 1 amide bonds. The maximum atomic E-state index is 13.7. The lowest BCUT2D eigenvalue weighted by Crippen LogP contribution is -2.46. The lowest BCUT2D eigenvalue weighted by atomic mass is 9.66. The predicted octanol–water partition coefficient (Wildman–Crippen LogP) is 4.25. The van der Waals surface area contributed by atoms with Crippen LogP contribution in [0.3, 0.4) is 0 Å². The van der Waals surface area contributed by atoms with Crippen molar-refractivity contribution < 1.29 is 19.1 Å². The van der Waals surface area contributed by atoms with Crippen LogP contribution in [0.2, 0.25) is 0 Å². The molecule has 1 aromatic rings. The highest BCUT2D eigenvalue weighted by Crippen LogP contribution is 2.49. The molecule has 2 atom stereocenters. The van der Waals surface area contributed by atoms with Gasteiger partial charge in [0.1, 0.15) is 0 Å². The third kappa shape index (κ3) is 3.56. The Bertz CT molecular complexity index is 1000. The molecule has 0 spiro atoms. The highest BCUT2D eigenvalue weighted by molar-refractivity contribution is 6.10. The zero-order valence-electron chi connectivity index (χ0n) is 18.6. The maximum absolute atomic E-state index is 13.7. The van der Waals surface area contributed by atoms with Gasteiger partial charge in [0.2, 0.25) is 12.7 Å². The van der Waals surface area contributed by atoms with Gasteiger partial charge in [0, 0.05) is 42.4 Å². The van der Waals surface area contributed by atoms with Crippen molar-refractivity contribution in [1.29, 1.82) is 0 Å². The molecule has 3 heterocycles. The van der Waals surface area contributed by atoms with Gasteiger partial charge in [0.05, 0.1) is 5.92 Å². The van der Waals surface area contributed by atoms with E-state index in [1.807, 2.05) is 30.0 Å². The van der Waals surface area contributed by atoms with Crippen molar-refractivity contribution in [3.05, 3.63) is 35.0 Å². The van der Waals surface area contributed by atoms with E-state index >= 15 is 0 Å². The van der Waals surface area contributed by atoms with Gasteiger partial charge in [-0.1, -0.05) is 19.9 Å². The number of piperidine rings is 1. The van der Waals surface area contributed by atoms with E-state index in [1.165, 1.54) is 0 Å². The Morgan fingerprint density at radius 2 is 1.84 bits per heavy atom. The largest absolute Gasteiger partial charge is 0.454 e. The molecule has 4 aliphatic rings. The summed E-state index contributed by atoms with van der Waals surface area (Å²) in [5.41, 5.74) is 3.18. The maximum Gasteiger partial charge on any atom is 0.232 e. The second-order valence-corrected chi connectivity index (χ2v) is 10.0. The number of rotatable bonds is 2. The summed E-state index contributed by atoms with van der Waals surface area (Å²) in [5.74, 6) is 0.790. The van der Waals surface area contributed by atoms with Gasteiger partial charge in [0.25, 0.3) is 0 Å². The average molecular weight is 423 g/mol. The minimum absolute atomic E-state index is 0.0906. The molecule has 0 N–H and O–H groups in total. The Morgan fingerprint density at radius 3 is 2.61 bits per heavy atom. The molecular formula is C25H30N2O4. The summed E-state index contributed by atoms with van der Waals surface area (Å²) in [5, 5.41) is 0. The number of hydrogen-bond acceptors (Lipinski definition) is 5. The lowest BCUT2D eigenvalue weighted by molar-refractivity contribution is -0.134. The number of aliphatic imine (C=N–C) groups is 1. The molecule has 0 saturated carbocycles. The first-order chi connectivity index (χ1) is 14.8. The quantitative estimate of drug-likeness (QED) is 0.715. The van der Waals surface area contributed by atoms with Crippen LogP contribution in [0.1, 0.15) is 64.4 Å².